The van der Waals surface area contributed by atoms with Crippen molar-refractivity contribution in [1.82, 2.24) is 4.90 Å². The molecular formula is C14H14ClFN4O. The molecule has 1 aromatic carbocycles. The average molecular weight is 309 g/mol. The van der Waals surface area contributed by atoms with E-state index >= 15 is 0 Å². The summed E-state index contributed by atoms with van der Waals surface area (Å²) in [4.78, 5) is 13.4. The van der Waals surface area contributed by atoms with E-state index in [4.69, 9.17) is 22.1 Å². The summed E-state index contributed by atoms with van der Waals surface area (Å²) in [6.07, 6.45) is 0.374. The number of rotatable bonds is 7. The first-order valence-electron chi connectivity index (χ1n) is 6.29. The fourth-order valence-corrected chi connectivity index (χ4v) is 1.81. The van der Waals surface area contributed by atoms with Crippen molar-refractivity contribution in [2.75, 3.05) is 25.0 Å². The molecule has 0 fully saturated rings. The molecular weight excluding hydrogens is 295 g/mol. The van der Waals surface area contributed by atoms with Crippen molar-refractivity contribution in [3.63, 3.8) is 0 Å². The lowest BCUT2D eigenvalue weighted by Gasteiger charge is -2.20. The third-order valence-electron chi connectivity index (χ3n) is 2.70. The Hall–Kier alpha value is -2.31. The molecule has 0 heterocycles. The number of hydrogen-bond acceptors (Lipinski definition) is 4. The SMILES string of the molecule is N#CCCN(CCC#N)C(=O)CNc1ccc(Cl)cc1F. The maximum Gasteiger partial charge on any atom is 0.241 e. The Morgan fingerprint density at radius 1 is 1.29 bits per heavy atom. The highest BCUT2D eigenvalue weighted by molar-refractivity contribution is 6.30. The molecule has 0 saturated carbocycles. The summed E-state index contributed by atoms with van der Waals surface area (Å²) in [7, 11) is 0. The zero-order chi connectivity index (χ0) is 15.7. The van der Waals surface area contributed by atoms with Gasteiger partial charge in [-0.1, -0.05) is 11.6 Å². The van der Waals surface area contributed by atoms with Gasteiger partial charge in [-0.2, -0.15) is 10.5 Å². The summed E-state index contributed by atoms with van der Waals surface area (Å²) < 4.78 is 13.5. The largest absolute Gasteiger partial charge is 0.374 e. The second kappa shape index (κ2) is 8.78. The van der Waals surface area contributed by atoms with Gasteiger partial charge in [0.2, 0.25) is 5.91 Å². The van der Waals surface area contributed by atoms with Crippen LogP contribution in [0.3, 0.4) is 0 Å². The monoisotopic (exact) mass is 308 g/mol. The number of hydrogen-bond donors (Lipinski definition) is 1. The number of carbonyl (C=O) groups is 1. The number of anilines is 1. The fourth-order valence-electron chi connectivity index (χ4n) is 1.65. The molecule has 0 aliphatic carbocycles. The third-order valence-corrected chi connectivity index (χ3v) is 2.94. The first-order chi connectivity index (χ1) is 10.1. The van der Waals surface area contributed by atoms with E-state index in [1.807, 2.05) is 12.1 Å². The summed E-state index contributed by atoms with van der Waals surface area (Å²) in [5.74, 6) is -0.842. The number of amides is 1. The van der Waals surface area contributed by atoms with Crippen molar-refractivity contribution < 1.29 is 9.18 Å². The summed E-state index contributed by atoms with van der Waals surface area (Å²) in [6.45, 7) is 0.388. The molecule has 5 nitrogen and oxygen atoms in total. The number of carbonyl (C=O) groups excluding carboxylic acids is 1. The van der Waals surface area contributed by atoms with Crippen LogP contribution in [0.5, 0.6) is 0 Å². The predicted molar refractivity (Wildman–Crippen MR) is 76.9 cm³/mol. The van der Waals surface area contributed by atoms with Crippen LogP contribution in [0.25, 0.3) is 0 Å². The molecule has 1 aromatic rings. The van der Waals surface area contributed by atoms with Crippen LogP contribution < -0.4 is 5.32 Å². The van der Waals surface area contributed by atoms with Gasteiger partial charge in [-0.25, -0.2) is 4.39 Å². The Balaban J connectivity index is 2.60. The van der Waals surface area contributed by atoms with Gasteiger partial charge in [-0.05, 0) is 18.2 Å². The highest BCUT2D eigenvalue weighted by Crippen LogP contribution is 2.18. The van der Waals surface area contributed by atoms with Crippen LogP contribution in [0.15, 0.2) is 18.2 Å². The molecule has 0 saturated heterocycles. The van der Waals surface area contributed by atoms with Crippen LogP contribution in [0, 0.1) is 28.5 Å². The van der Waals surface area contributed by atoms with E-state index < -0.39 is 5.82 Å². The lowest BCUT2D eigenvalue weighted by molar-refractivity contribution is -0.129. The van der Waals surface area contributed by atoms with Crippen molar-refractivity contribution in [1.29, 1.82) is 10.5 Å². The smallest absolute Gasteiger partial charge is 0.241 e. The first kappa shape index (κ1) is 16.7. The molecule has 1 amide bonds. The van der Waals surface area contributed by atoms with Crippen LogP contribution in [0.4, 0.5) is 10.1 Å². The van der Waals surface area contributed by atoms with Gasteiger partial charge >= 0.3 is 0 Å². The van der Waals surface area contributed by atoms with E-state index in [1.165, 1.54) is 17.0 Å². The van der Waals surface area contributed by atoms with Gasteiger partial charge in [0.25, 0.3) is 0 Å². The molecule has 0 unspecified atom stereocenters. The van der Waals surface area contributed by atoms with Crippen molar-refractivity contribution in [2.24, 2.45) is 0 Å². The molecule has 21 heavy (non-hydrogen) atoms. The predicted octanol–water partition coefficient (Wildman–Crippen LogP) is 2.55. The Bertz CT molecular complexity index is 561. The summed E-state index contributed by atoms with van der Waals surface area (Å²) >= 11 is 5.64. The molecule has 0 bridgehead atoms. The number of nitrogens with zero attached hydrogens (tertiary/aromatic N) is 3. The second-order valence-corrected chi connectivity index (χ2v) is 4.61. The van der Waals surface area contributed by atoms with E-state index in [1.54, 1.807) is 0 Å². The van der Waals surface area contributed by atoms with E-state index in [0.717, 1.165) is 6.07 Å². The molecule has 0 aliphatic heterocycles. The molecule has 110 valence electrons. The Morgan fingerprint density at radius 3 is 2.43 bits per heavy atom. The van der Waals surface area contributed by atoms with Crippen LogP contribution in [0.2, 0.25) is 5.02 Å². The van der Waals surface area contributed by atoms with Crippen LogP contribution in [-0.2, 0) is 4.79 Å². The number of nitrogens with one attached hydrogen (secondary N) is 1. The zero-order valence-electron chi connectivity index (χ0n) is 11.3. The molecule has 0 aliphatic rings. The second-order valence-electron chi connectivity index (χ2n) is 4.17. The lowest BCUT2D eigenvalue weighted by atomic mass is 10.3. The Morgan fingerprint density at radius 2 is 1.90 bits per heavy atom. The van der Waals surface area contributed by atoms with Gasteiger partial charge in [0.05, 0.1) is 37.2 Å². The number of halogens is 2. The minimum Gasteiger partial charge on any atom is -0.374 e. The van der Waals surface area contributed by atoms with Gasteiger partial charge in [0.1, 0.15) is 5.82 Å². The van der Waals surface area contributed by atoms with Gasteiger partial charge in [0.15, 0.2) is 0 Å². The van der Waals surface area contributed by atoms with Crippen molar-refractivity contribution in [3.05, 3.63) is 29.0 Å². The molecule has 0 atom stereocenters. The van der Waals surface area contributed by atoms with Crippen molar-refractivity contribution in [3.8, 4) is 12.1 Å². The van der Waals surface area contributed by atoms with Crippen molar-refractivity contribution in [2.45, 2.75) is 12.8 Å². The van der Waals surface area contributed by atoms with E-state index in [2.05, 4.69) is 5.32 Å². The van der Waals surface area contributed by atoms with Crippen molar-refractivity contribution >= 4 is 23.2 Å². The quantitative estimate of drug-likeness (QED) is 0.839. The maximum atomic E-state index is 13.5. The van der Waals surface area contributed by atoms with Gasteiger partial charge in [-0.3, -0.25) is 4.79 Å². The van der Waals surface area contributed by atoms with Crippen LogP contribution >= 0.6 is 11.6 Å². The third kappa shape index (κ3) is 5.68. The van der Waals surface area contributed by atoms with E-state index in [0.29, 0.717) is 0 Å². The van der Waals surface area contributed by atoms with Crippen LogP contribution in [0.1, 0.15) is 12.8 Å². The van der Waals surface area contributed by atoms with E-state index in [-0.39, 0.29) is 49.1 Å². The highest BCUT2D eigenvalue weighted by Gasteiger charge is 2.13. The standard InChI is InChI=1S/C14H14ClFN4O/c15-11-3-4-13(12(16)9-11)19-10-14(21)20(7-1-5-17)8-2-6-18/h3-4,9,19H,1-2,7-8,10H2. The minimum absolute atomic E-state index is 0.116. The maximum absolute atomic E-state index is 13.5. The first-order valence-corrected chi connectivity index (χ1v) is 6.67. The van der Waals surface area contributed by atoms with Gasteiger partial charge in [-0.15, -0.1) is 0 Å². The van der Waals surface area contributed by atoms with E-state index in [9.17, 15) is 9.18 Å². The molecule has 1 N–H and O–H groups in total. The lowest BCUT2D eigenvalue weighted by Crippen LogP contribution is -2.37. The summed E-state index contributed by atoms with van der Waals surface area (Å²) in [5, 5.41) is 20.1. The molecule has 1 rings (SSSR count). The highest BCUT2D eigenvalue weighted by atomic mass is 35.5. The summed E-state index contributed by atoms with van der Waals surface area (Å²) in [6, 6.07) is 8.00. The molecule has 0 spiro atoms. The van der Waals surface area contributed by atoms with Gasteiger partial charge in [0, 0.05) is 18.1 Å². The number of benzene rings is 1. The average Bonchev–Trinajstić information content (AvgIpc) is 2.46. The molecule has 7 heteroatoms. The minimum atomic E-state index is -0.545. The topological polar surface area (TPSA) is 79.9 Å². The Labute approximate surface area is 127 Å². The summed E-state index contributed by atoms with van der Waals surface area (Å²) in [5.41, 5.74) is 0.174. The Kier molecular flexibility index (Phi) is 7.00. The van der Waals surface area contributed by atoms with Crippen LogP contribution in [-0.4, -0.2) is 30.4 Å². The normalized spacial score (nSPS) is 9.52. The molecule has 0 radical (unpaired) electrons. The van der Waals surface area contributed by atoms with Gasteiger partial charge < -0.3 is 10.2 Å². The zero-order valence-corrected chi connectivity index (χ0v) is 12.0. The number of nitriles is 2. The molecule has 0 aromatic heterocycles. The fraction of sp³-hybridized carbons (Fsp3) is 0.357.